The highest BCUT2D eigenvalue weighted by Crippen LogP contribution is 2.38. The van der Waals surface area contributed by atoms with Crippen molar-refractivity contribution in [3.8, 4) is 23.0 Å². The predicted octanol–water partition coefficient (Wildman–Crippen LogP) is 5.24. The lowest BCUT2D eigenvalue weighted by Crippen LogP contribution is -2.07. The molecule has 0 radical (unpaired) electrons. The summed E-state index contributed by atoms with van der Waals surface area (Å²) in [5.41, 5.74) is 2.84. The van der Waals surface area contributed by atoms with E-state index in [1.807, 2.05) is 54.6 Å². The molecule has 3 aromatic rings. The molecule has 3 aromatic carbocycles. The van der Waals surface area contributed by atoms with E-state index in [0.717, 1.165) is 16.7 Å². The average Bonchev–Trinajstić information content (AvgIpc) is 2.82. The van der Waals surface area contributed by atoms with Crippen molar-refractivity contribution >= 4 is 29.8 Å². The molecule has 2 N–H and O–H groups in total. The smallest absolute Gasteiger partial charge is 0.248 e. The van der Waals surface area contributed by atoms with Crippen LogP contribution < -0.4 is 19.5 Å². The van der Waals surface area contributed by atoms with E-state index >= 15 is 0 Å². The first-order valence-electron chi connectivity index (χ1n) is 9.89. The van der Waals surface area contributed by atoms with Crippen molar-refractivity contribution in [2.24, 2.45) is 0 Å². The number of benzene rings is 3. The zero-order chi connectivity index (χ0) is 22.9. The quantitative estimate of drug-likeness (QED) is 0.290. The number of hydrogen-bond acceptors (Lipinski definition) is 5. The van der Waals surface area contributed by atoms with Gasteiger partial charge in [-0.2, -0.15) is 0 Å². The SMILES string of the molecule is COc1cc(/C=C/c2ccc(NC(=O)/C=C/c3ccccc3)c(O)c2)cc(OC)c1OC. The van der Waals surface area contributed by atoms with Crippen LogP contribution in [-0.2, 0) is 4.79 Å². The van der Waals surface area contributed by atoms with Crippen molar-refractivity contribution in [3.05, 3.63) is 83.4 Å². The maximum Gasteiger partial charge on any atom is 0.248 e. The Balaban J connectivity index is 1.72. The lowest BCUT2D eigenvalue weighted by atomic mass is 10.1. The number of hydrogen-bond donors (Lipinski definition) is 2. The van der Waals surface area contributed by atoms with Crippen molar-refractivity contribution in [2.75, 3.05) is 26.6 Å². The van der Waals surface area contributed by atoms with E-state index in [1.165, 1.54) is 6.08 Å². The van der Waals surface area contributed by atoms with Crippen LogP contribution in [-0.4, -0.2) is 32.3 Å². The molecular weight excluding hydrogens is 406 g/mol. The molecule has 0 bridgehead atoms. The van der Waals surface area contributed by atoms with Gasteiger partial charge in [0.1, 0.15) is 5.75 Å². The molecule has 0 atom stereocenters. The minimum Gasteiger partial charge on any atom is -0.506 e. The summed E-state index contributed by atoms with van der Waals surface area (Å²) in [6.07, 6.45) is 6.83. The van der Waals surface area contributed by atoms with Crippen LogP contribution in [0.2, 0.25) is 0 Å². The normalized spacial score (nSPS) is 11.0. The largest absolute Gasteiger partial charge is 0.506 e. The van der Waals surface area contributed by atoms with Crippen LogP contribution in [0.3, 0.4) is 0 Å². The number of phenols is 1. The highest BCUT2D eigenvalue weighted by molar-refractivity contribution is 6.02. The molecule has 0 aliphatic carbocycles. The summed E-state index contributed by atoms with van der Waals surface area (Å²) in [5, 5.41) is 13.0. The molecule has 6 nitrogen and oxygen atoms in total. The number of rotatable bonds is 8. The van der Waals surface area contributed by atoms with E-state index < -0.39 is 0 Å². The summed E-state index contributed by atoms with van der Waals surface area (Å²) in [5.74, 6) is 1.27. The van der Waals surface area contributed by atoms with Crippen molar-refractivity contribution in [1.82, 2.24) is 0 Å². The fourth-order valence-corrected chi connectivity index (χ4v) is 3.06. The third-order valence-electron chi connectivity index (χ3n) is 4.66. The van der Waals surface area contributed by atoms with Gasteiger partial charge in [-0.15, -0.1) is 0 Å². The number of nitrogens with one attached hydrogen (secondary N) is 1. The number of carbonyl (C=O) groups is 1. The molecule has 0 aliphatic heterocycles. The number of carbonyl (C=O) groups excluding carboxylic acids is 1. The van der Waals surface area contributed by atoms with Gasteiger partial charge in [-0.25, -0.2) is 0 Å². The van der Waals surface area contributed by atoms with Gasteiger partial charge in [-0.1, -0.05) is 48.6 Å². The van der Waals surface area contributed by atoms with Gasteiger partial charge in [0.15, 0.2) is 11.5 Å². The predicted molar refractivity (Wildman–Crippen MR) is 127 cm³/mol. The minimum absolute atomic E-state index is 0.0292. The second-order valence-electron chi connectivity index (χ2n) is 6.80. The van der Waals surface area contributed by atoms with Crippen LogP contribution in [0.15, 0.2) is 66.7 Å². The monoisotopic (exact) mass is 431 g/mol. The average molecular weight is 431 g/mol. The first kappa shape index (κ1) is 22.5. The Morgan fingerprint density at radius 2 is 1.44 bits per heavy atom. The van der Waals surface area contributed by atoms with Crippen molar-refractivity contribution in [2.45, 2.75) is 0 Å². The summed E-state index contributed by atoms with van der Waals surface area (Å²) in [4.78, 5) is 12.1. The van der Waals surface area contributed by atoms with Crippen LogP contribution in [0.25, 0.3) is 18.2 Å². The third kappa shape index (κ3) is 5.70. The summed E-state index contributed by atoms with van der Waals surface area (Å²) in [7, 11) is 4.67. The molecular formula is C26H25NO5. The van der Waals surface area contributed by atoms with Crippen LogP contribution in [0.1, 0.15) is 16.7 Å². The number of aromatic hydroxyl groups is 1. The second kappa shape index (κ2) is 10.7. The number of ether oxygens (including phenoxy) is 3. The molecule has 32 heavy (non-hydrogen) atoms. The Morgan fingerprint density at radius 3 is 2.03 bits per heavy atom. The summed E-state index contributed by atoms with van der Waals surface area (Å²) in [6.45, 7) is 0. The fourth-order valence-electron chi connectivity index (χ4n) is 3.06. The molecule has 6 heteroatoms. The molecule has 3 rings (SSSR count). The van der Waals surface area contributed by atoms with E-state index in [1.54, 1.807) is 45.6 Å². The molecule has 164 valence electrons. The Morgan fingerprint density at radius 1 is 0.781 bits per heavy atom. The maximum absolute atomic E-state index is 12.1. The van der Waals surface area contributed by atoms with Crippen LogP contribution in [0.4, 0.5) is 5.69 Å². The van der Waals surface area contributed by atoms with Gasteiger partial charge in [0, 0.05) is 6.08 Å². The first-order valence-corrected chi connectivity index (χ1v) is 9.89. The van der Waals surface area contributed by atoms with Gasteiger partial charge in [0.2, 0.25) is 11.7 Å². The standard InChI is InChI=1S/C26H25NO5/c1-30-23-16-20(17-24(31-2)26(23)32-3)10-9-19-11-13-21(22(28)15-19)27-25(29)14-12-18-7-5-4-6-8-18/h4-17,28H,1-3H3,(H,27,29)/b10-9+,14-12+. The Bertz CT molecular complexity index is 1110. The highest BCUT2D eigenvalue weighted by Gasteiger charge is 2.12. The zero-order valence-corrected chi connectivity index (χ0v) is 18.2. The summed E-state index contributed by atoms with van der Waals surface area (Å²) in [6, 6.07) is 18.2. The summed E-state index contributed by atoms with van der Waals surface area (Å²) < 4.78 is 16.1. The van der Waals surface area contributed by atoms with Crippen LogP contribution >= 0.6 is 0 Å². The molecule has 0 aliphatic rings. The van der Waals surface area contributed by atoms with Crippen molar-refractivity contribution < 1.29 is 24.1 Å². The topological polar surface area (TPSA) is 77.0 Å². The number of methoxy groups -OCH3 is 3. The first-order chi connectivity index (χ1) is 15.5. The van der Waals surface area contributed by atoms with Gasteiger partial charge >= 0.3 is 0 Å². The van der Waals surface area contributed by atoms with E-state index in [4.69, 9.17) is 14.2 Å². The molecule has 0 unspecified atom stereocenters. The van der Waals surface area contributed by atoms with E-state index in [2.05, 4.69) is 5.32 Å². The van der Waals surface area contributed by atoms with Crippen LogP contribution in [0.5, 0.6) is 23.0 Å². The van der Waals surface area contributed by atoms with Gasteiger partial charge in [0.05, 0.1) is 27.0 Å². The molecule has 0 heterocycles. The fraction of sp³-hybridized carbons (Fsp3) is 0.115. The Hall–Kier alpha value is -4.19. The third-order valence-corrected chi connectivity index (χ3v) is 4.66. The van der Waals surface area contributed by atoms with Gasteiger partial charge in [0.25, 0.3) is 0 Å². The van der Waals surface area contributed by atoms with Gasteiger partial charge in [-0.05, 0) is 47.0 Å². The molecule has 0 saturated carbocycles. The van der Waals surface area contributed by atoms with E-state index in [-0.39, 0.29) is 11.7 Å². The lowest BCUT2D eigenvalue weighted by molar-refractivity contribution is -0.111. The molecule has 0 spiro atoms. The van der Waals surface area contributed by atoms with Crippen molar-refractivity contribution in [1.29, 1.82) is 0 Å². The maximum atomic E-state index is 12.1. The Labute approximate surface area is 187 Å². The molecule has 0 fully saturated rings. The zero-order valence-electron chi connectivity index (χ0n) is 18.2. The molecule has 0 saturated heterocycles. The lowest BCUT2D eigenvalue weighted by Gasteiger charge is -2.12. The Kier molecular flexibility index (Phi) is 7.54. The van der Waals surface area contributed by atoms with E-state index in [0.29, 0.717) is 22.9 Å². The highest BCUT2D eigenvalue weighted by atomic mass is 16.5. The van der Waals surface area contributed by atoms with Gasteiger partial charge in [-0.3, -0.25) is 4.79 Å². The second-order valence-corrected chi connectivity index (χ2v) is 6.80. The van der Waals surface area contributed by atoms with Gasteiger partial charge < -0.3 is 24.6 Å². The minimum atomic E-state index is -0.329. The van der Waals surface area contributed by atoms with Crippen LogP contribution in [0, 0.1) is 0 Å². The number of amides is 1. The van der Waals surface area contributed by atoms with E-state index in [9.17, 15) is 9.90 Å². The number of anilines is 1. The number of phenolic OH excluding ortho intramolecular Hbond substituents is 1. The molecule has 1 amide bonds. The van der Waals surface area contributed by atoms with Crippen molar-refractivity contribution in [3.63, 3.8) is 0 Å². The summed E-state index contributed by atoms with van der Waals surface area (Å²) >= 11 is 0. The molecule has 0 aromatic heterocycles.